The molecule has 1 saturated heterocycles. The maximum atomic E-state index is 13.5. The molecule has 0 bridgehead atoms. The number of hydrogen-bond donors (Lipinski definition) is 0. The zero-order valence-corrected chi connectivity index (χ0v) is 15.2. The van der Waals surface area contributed by atoms with E-state index in [0.29, 0.717) is 11.8 Å². The lowest BCUT2D eigenvalue weighted by Crippen LogP contribution is -2.44. The van der Waals surface area contributed by atoms with Gasteiger partial charge in [0, 0.05) is 30.1 Å². The second-order valence-corrected chi connectivity index (χ2v) is 8.81. The number of rotatable bonds is 4. The van der Waals surface area contributed by atoms with E-state index in [1.165, 1.54) is 17.7 Å². The van der Waals surface area contributed by atoms with Gasteiger partial charge in [0.2, 0.25) is 5.91 Å². The first-order valence-corrected chi connectivity index (χ1v) is 10.4. The summed E-state index contributed by atoms with van der Waals surface area (Å²) in [6.45, 7) is 1.62. The average molecular weight is 356 g/mol. The van der Waals surface area contributed by atoms with Gasteiger partial charge in [-0.2, -0.15) is 0 Å². The maximum Gasteiger partial charge on any atom is 0.234 e. The summed E-state index contributed by atoms with van der Waals surface area (Å²) in [6, 6.07) is 4.51. The second kappa shape index (κ2) is 5.94. The van der Waals surface area contributed by atoms with Gasteiger partial charge in [0.05, 0.1) is 17.2 Å². The van der Waals surface area contributed by atoms with Crippen molar-refractivity contribution in [2.24, 2.45) is 0 Å². The molecule has 132 valence electrons. The minimum absolute atomic E-state index is 0.259. The number of aromatic nitrogens is 3. The van der Waals surface area contributed by atoms with Crippen LogP contribution in [0.25, 0.3) is 0 Å². The summed E-state index contributed by atoms with van der Waals surface area (Å²) in [4.78, 5) is 16.8. The second-order valence-electron chi connectivity index (χ2n) is 7.86. The van der Waals surface area contributed by atoms with E-state index in [2.05, 4.69) is 38.9 Å². The third kappa shape index (κ3) is 2.62. The van der Waals surface area contributed by atoms with Gasteiger partial charge < -0.3 is 4.90 Å². The Labute approximate surface area is 152 Å². The molecule has 3 fully saturated rings. The molecule has 2 aromatic rings. The first-order chi connectivity index (χ1) is 12.3. The number of nitrogens with zero attached hydrogens (tertiary/aromatic N) is 4. The van der Waals surface area contributed by atoms with E-state index in [4.69, 9.17) is 0 Å². The van der Waals surface area contributed by atoms with E-state index in [9.17, 15) is 4.79 Å². The smallest absolute Gasteiger partial charge is 0.234 e. The highest BCUT2D eigenvalue weighted by Crippen LogP contribution is 2.45. The highest BCUT2D eigenvalue weighted by molar-refractivity contribution is 7.10. The molecule has 0 unspecified atom stereocenters. The fraction of sp³-hybridized carbons (Fsp3) is 0.632. The van der Waals surface area contributed by atoms with Gasteiger partial charge in [-0.15, -0.1) is 16.4 Å². The van der Waals surface area contributed by atoms with Crippen LogP contribution in [0, 0.1) is 0 Å². The van der Waals surface area contributed by atoms with Crippen LogP contribution in [-0.2, 0) is 10.2 Å². The van der Waals surface area contributed by atoms with Crippen molar-refractivity contribution in [3.05, 3.63) is 34.3 Å². The molecular formula is C19H24N4OS. The monoisotopic (exact) mass is 356 g/mol. The van der Waals surface area contributed by atoms with Crippen molar-refractivity contribution >= 4 is 17.2 Å². The number of carbonyl (C=O) groups is 1. The Bertz CT molecular complexity index is 758. The normalized spacial score (nSPS) is 25.6. The number of thiophene rings is 1. The van der Waals surface area contributed by atoms with Crippen molar-refractivity contribution in [3.8, 4) is 0 Å². The quantitative estimate of drug-likeness (QED) is 0.842. The van der Waals surface area contributed by atoms with E-state index >= 15 is 0 Å². The SMILES string of the molecule is O=C(N1CC[C@@H](n2cc(C3CC3)nn2)C1)C1(c2cccs2)CCCC1. The minimum atomic E-state index is -0.259. The molecule has 0 spiro atoms. The Morgan fingerprint density at radius 1 is 1.24 bits per heavy atom. The summed E-state index contributed by atoms with van der Waals surface area (Å²) >= 11 is 1.74. The lowest BCUT2D eigenvalue weighted by Gasteiger charge is -2.31. The van der Waals surface area contributed by atoms with Crippen molar-refractivity contribution in [1.82, 2.24) is 19.9 Å². The van der Waals surface area contributed by atoms with Gasteiger partial charge in [-0.05, 0) is 43.6 Å². The lowest BCUT2D eigenvalue weighted by atomic mass is 9.83. The predicted molar refractivity (Wildman–Crippen MR) is 96.7 cm³/mol. The van der Waals surface area contributed by atoms with Gasteiger partial charge in [-0.1, -0.05) is 24.1 Å². The maximum absolute atomic E-state index is 13.5. The molecule has 2 aliphatic carbocycles. The highest BCUT2D eigenvalue weighted by atomic mass is 32.1. The lowest BCUT2D eigenvalue weighted by molar-refractivity contribution is -0.136. The molecule has 0 aromatic carbocycles. The molecular weight excluding hydrogens is 332 g/mol. The average Bonchev–Trinajstić information content (AvgIpc) is 3.17. The van der Waals surface area contributed by atoms with Gasteiger partial charge in [-0.3, -0.25) is 4.79 Å². The number of likely N-dealkylation sites (tertiary alicyclic amines) is 1. The van der Waals surface area contributed by atoms with Crippen molar-refractivity contribution < 1.29 is 4.79 Å². The molecule has 25 heavy (non-hydrogen) atoms. The van der Waals surface area contributed by atoms with E-state index in [-0.39, 0.29) is 11.5 Å². The molecule has 0 N–H and O–H groups in total. The zero-order valence-electron chi connectivity index (χ0n) is 14.4. The number of amides is 1. The van der Waals surface area contributed by atoms with Gasteiger partial charge in [0.25, 0.3) is 0 Å². The topological polar surface area (TPSA) is 51.0 Å². The summed E-state index contributed by atoms with van der Waals surface area (Å²) in [6.07, 6.45) is 9.92. The van der Waals surface area contributed by atoms with Crippen molar-refractivity contribution in [1.29, 1.82) is 0 Å². The Hall–Kier alpha value is -1.69. The largest absolute Gasteiger partial charge is 0.340 e. The Kier molecular flexibility index (Phi) is 3.69. The van der Waals surface area contributed by atoms with Crippen LogP contribution in [0.15, 0.2) is 23.7 Å². The Morgan fingerprint density at radius 3 is 2.80 bits per heavy atom. The molecule has 3 aliphatic rings. The third-order valence-electron chi connectivity index (χ3n) is 6.21. The van der Waals surface area contributed by atoms with Gasteiger partial charge >= 0.3 is 0 Å². The van der Waals surface area contributed by atoms with Gasteiger partial charge in [0.15, 0.2) is 0 Å². The molecule has 1 amide bonds. The van der Waals surface area contributed by atoms with E-state index < -0.39 is 0 Å². The van der Waals surface area contributed by atoms with Crippen LogP contribution in [0.4, 0.5) is 0 Å². The van der Waals surface area contributed by atoms with Crippen molar-refractivity contribution in [2.75, 3.05) is 13.1 Å². The standard InChI is InChI=1S/C19H24N4OS/c24-18(19(8-1-2-9-19)17-4-3-11-25-17)22-10-7-15(12-22)23-13-16(20-21-23)14-5-6-14/h3-4,11,13-15H,1-2,5-10,12H2/t15-/m1/s1. The highest BCUT2D eigenvalue weighted by Gasteiger charge is 2.47. The van der Waals surface area contributed by atoms with Crippen LogP contribution in [0.5, 0.6) is 0 Å². The fourth-order valence-corrected chi connectivity index (χ4v) is 5.55. The first kappa shape index (κ1) is 15.6. The van der Waals surface area contributed by atoms with Crippen LogP contribution in [-0.4, -0.2) is 38.9 Å². The molecule has 3 heterocycles. The van der Waals surface area contributed by atoms with Crippen LogP contribution >= 0.6 is 11.3 Å². The summed E-state index contributed by atoms with van der Waals surface area (Å²) < 4.78 is 2.01. The summed E-state index contributed by atoms with van der Waals surface area (Å²) in [5.74, 6) is 0.978. The fourth-order valence-electron chi connectivity index (χ4n) is 4.57. The third-order valence-corrected chi connectivity index (χ3v) is 7.28. The number of hydrogen-bond acceptors (Lipinski definition) is 4. The molecule has 1 atom stereocenters. The Morgan fingerprint density at radius 2 is 2.08 bits per heavy atom. The van der Waals surface area contributed by atoms with Crippen molar-refractivity contribution in [2.45, 2.75) is 62.3 Å². The van der Waals surface area contributed by atoms with E-state index in [1.807, 2.05) is 4.68 Å². The molecule has 1 aliphatic heterocycles. The molecule has 5 rings (SSSR count). The van der Waals surface area contributed by atoms with Gasteiger partial charge in [0.1, 0.15) is 0 Å². The molecule has 2 aromatic heterocycles. The van der Waals surface area contributed by atoms with Crippen molar-refractivity contribution in [3.63, 3.8) is 0 Å². The molecule has 2 saturated carbocycles. The zero-order chi connectivity index (χ0) is 16.9. The summed E-state index contributed by atoms with van der Waals surface area (Å²) in [5.41, 5.74) is 0.876. The molecule has 6 heteroatoms. The first-order valence-electron chi connectivity index (χ1n) is 9.51. The molecule has 0 radical (unpaired) electrons. The van der Waals surface area contributed by atoms with Crippen LogP contribution in [0.2, 0.25) is 0 Å². The van der Waals surface area contributed by atoms with Crippen LogP contribution < -0.4 is 0 Å². The van der Waals surface area contributed by atoms with Crippen LogP contribution in [0.1, 0.15) is 67.5 Å². The number of carbonyl (C=O) groups excluding carboxylic acids is 1. The van der Waals surface area contributed by atoms with Gasteiger partial charge in [-0.25, -0.2) is 4.68 Å². The Balaban J connectivity index is 1.34. The molecule has 5 nitrogen and oxygen atoms in total. The van der Waals surface area contributed by atoms with E-state index in [1.54, 1.807) is 11.3 Å². The predicted octanol–water partition coefficient (Wildman–Crippen LogP) is 3.50. The van der Waals surface area contributed by atoms with E-state index in [0.717, 1.165) is 50.9 Å². The van der Waals surface area contributed by atoms with Crippen LogP contribution in [0.3, 0.4) is 0 Å². The summed E-state index contributed by atoms with van der Waals surface area (Å²) in [5, 5.41) is 10.8. The minimum Gasteiger partial charge on any atom is -0.340 e. The summed E-state index contributed by atoms with van der Waals surface area (Å²) in [7, 11) is 0.